The minimum Gasteiger partial charge on any atom is -0.384 e. The summed E-state index contributed by atoms with van der Waals surface area (Å²) in [5.41, 5.74) is 0.611. The van der Waals surface area contributed by atoms with E-state index in [9.17, 15) is 8.42 Å². The molecule has 1 aromatic rings. The Morgan fingerprint density at radius 3 is 2.70 bits per heavy atom. The molecule has 3 rings (SSSR count). The molecule has 0 aromatic heterocycles. The van der Waals surface area contributed by atoms with Crippen molar-refractivity contribution in [3.05, 3.63) is 24.3 Å². The molecule has 1 aliphatic heterocycles. The largest absolute Gasteiger partial charge is 0.384 e. The van der Waals surface area contributed by atoms with E-state index in [-0.39, 0.29) is 4.90 Å². The maximum Gasteiger partial charge on any atom is 0.240 e. The SMILES string of the molecule is NS(=O)(=O)c1ccccc1NCC1CCN(C2CC2)C1. The number of likely N-dealkylation sites (tertiary alicyclic amines) is 1. The number of primary sulfonamides is 1. The van der Waals surface area contributed by atoms with Crippen LogP contribution >= 0.6 is 0 Å². The van der Waals surface area contributed by atoms with Gasteiger partial charge in [-0.2, -0.15) is 0 Å². The number of rotatable bonds is 5. The van der Waals surface area contributed by atoms with Crippen LogP contribution in [0.4, 0.5) is 5.69 Å². The Kier molecular flexibility index (Phi) is 3.70. The molecule has 1 saturated heterocycles. The maximum absolute atomic E-state index is 11.5. The first-order valence-corrected chi connectivity index (χ1v) is 8.68. The van der Waals surface area contributed by atoms with Crippen LogP contribution in [0.2, 0.25) is 0 Å². The van der Waals surface area contributed by atoms with Crippen LogP contribution in [0.1, 0.15) is 19.3 Å². The van der Waals surface area contributed by atoms with Gasteiger partial charge in [0.25, 0.3) is 0 Å². The number of benzene rings is 1. The van der Waals surface area contributed by atoms with Gasteiger partial charge in [-0.15, -0.1) is 0 Å². The van der Waals surface area contributed by atoms with E-state index in [0.29, 0.717) is 11.6 Å². The number of nitrogens with zero attached hydrogens (tertiary/aromatic N) is 1. The van der Waals surface area contributed by atoms with Crippen molar-refractivity contribution in [2.24, 2.45) is 11.1 Å². The fraction of sp³-hybridized carbons (Fsp3) is 0.571. The second kappa shape index (κ2) is 5.35. The van der Waals surface area contributed by atoms with E-state index >= 15 is 0 Å². The van der Waals surface area contributed by atoms with Gasteiger partial charge in [0.1, 0.15) is 4.90 Å². The predicted molar refractivity (Wildman–Crippen MR) is 79.0 cm³/mol. The van der Waals surface area contributed by atoms with E-state index < -0.39 is 10.0 Å². The maximum atomic E-state index is 11.5. The van der Waals surface area contributed by atoms with Gasteiger partial charge in [0.2, 0.25) is 10.0 Å². The van der Waals surface area contributed by atoms with Crippen LogP contribution in [0, 0.1) is 5.92 Å². The highest BCUT2D eigenvalue weighted by Crippen LogP contribution is 2.32. The molecular weight excluding hydrogens is 274 g/mol. The Bertz CT molecular complexity index is 584. The van der Waals surface area contributed by atoms with E-state index in [1.54, 1.807) is 18.2 Å². The second-order valence-electron chi connectivity index (χ2n) is 5.80. The smallest absolute Gasteiger partial charge is 0.240 e. The van der Waals surface area contributed by atoms with Gasteiger partial charge in [-0.1, -0.05) is 12.1 Å². The Morgan fingerprint density at radius 2 is 2.00 bits per heavy atom. The summed E-state index contributed by atoms with van der Waals surface area (Å²) in [6.45, 7) is 3.10. The van der Waals surface area contributed by atoms with Gasteiger partial charge in [0.15, 0.2) is 0 Å². The molecule has 2 aliphatic rings. The van der Waals surface area contributed by atoms with Crippen molar-refractivity contribution in [2.75, 3.05) is 25.0 Å². The molecule has 0 amide bonds. The summed E-state index contributed by atoms with van der Waals surface area (Å²) in [7, 11) is -3.67. The molecule has 0 spiro atoms. The molecule has 1 aromatic carbocycles. The van der Waals surface area contributed by atoms with Crippen molar-refractivity contribution >= 4 is 15.7 Å². The van der Waals surface area contributed by atoms with Crippen molar-refractivity contribution in [3.63, 3.8) is 0 Å². The summed E-state index contributed by atoms with van der Waals surface area (Å²) in [6, 6.07) is 7.64. The molecule has 1 heterocycles. The second-order valence-corrected chi connectivity index (χ2v) is 7.33. The number of anilines is 1. The van der Waals surface area contributed by atoms with Crippen molar-refractivity contribution in [3.8, 4) is 0 Å². The van der Waals surface area contributed by atoms with Crippen LogP contribution in [-0.2, 0) is 10.0 Å². The molecule has 20 heavy (non-hydrogen) atoms. The zero-order chi connectivity index (χ0) is 14.2. The summed E-state index contributed by atoms with van der Waals surface area (Å²) in [5, 5.41) is 8.49. The highest BCUT2D eigenvalue weighted by atomic mass is 32.2. The quantitative estimate of drug-likeness (QED) is 0.857. The first kappa shape index (κ1) is 13.9. The molecule has 1 unspecified atom stereocenters. The Morgan fingerprint density at radius 1 is 1.25 bits per heavy atom. The summed E-state index contributed by atoms with van der Waals surface area (Å²) in [4.78, 5) is 2.73. The average Bonchev–Trinajstić information content (AvgIpc) is 3.15. The first-order chi connectivity index (χ1) is 9.54. The van der Waals surface area contributed by atoms with Crippen LogP contribution in [0.15, 0.2) is 29.2 Å². The van der Waals surface area contributed by atoms with Crippen LogP contribution in [0.3, 0.4) is 0 Å². The molecule has 1 atom stereocenters. The molecule has 0 bridgehead atoms. The van der Waals surface area contributed by atoms with Crippen molar-refractivity contribution < 1.29 is 8.42 Å². The molecule has 2 fully saturated rings. The molecule has 1 saturated carbocycles. The third-order valence-electron chi connectivity index (χ3n) is 4.16. The molecule has 110 valence electrons. The predicted octanol–water partition coefficient (Wildman–Crippen LogP) is 1.23. The lowest BCUT2D eigenvalue weighted by Crippen LogP contribution is -2.25. The van der Waals surface area contributed by atoms with Crippen molar-refractivity contribution in [1.82, 2.24) is 4.90 Å². The van der Waals surface area contributed by atoms with Gasteiger partial charge in [-0.3, -0.25) is 0 Å². The monoisotopic (exact) mass is 295 g/mol. The lowest BCUT2D eigenvalue weighted by molar-refractivity contribution is 0.316. The van der Waals surface area contributed by atoms with Crippen LogP contribution < -0.4 is 10.5 Å². The van der Waals surface area contributed by atoms with Crippen molar-refractivity contribution in [2.45, 2.75) is 30.2 Å². The molecular formula is C14H21N3O2S. The normalized spacial score (nSPS) is 23.9. The van der Waals surface area contributed by atoms with E-state index in [2.05, 4.69) is 10.2 Å². The summed E-state index contributed by atoms with van der Waals surface area (Å²) < 4.78 is 23.1. The fourth-order valence-electron chi connectivity index (χ4n) is 2.92. The first-order valence-electron chi connectivity index (χ1n) is 7.14. The number of hydrogen-bond acceptors (Lipinski definition) is 4. The Balaban J connectivity index is 1.61. The Labute approximate surface area is 120 Å². The van der Waals surface area contributed by atoms with Crippen LogP contribution in [0.5, 0.6) is 0 Å². The van der Waals surface area contributed by atoms with E-state index in [1.165, 1.54) is 25.8 Å². The third kappa shape index (κ3) is 3.13. The van der Waals surface area contributed by atoms with Crippen LogP contribution in [-0.4, -0.2) is 39.0 Å². The molecule has 6 heteroatoms. The summed E-state index contributed by atoms with van der Waals surface area (Å²) in [6.07, 6.45) is 3.86. The lowest BCUT2D eigenvalue weighted by Gasteiger charge is -2.16. The topological polar surface area (TPSA) is 75.4 Å². The third-order valence-corrected chi connectivity index (χ3v) is 5.12. The van der Waals surface area contributed by atoms with E-state index in [4.69, 9.17) is 5.14 Å². The summed E-state index contributed by atoms with van der Waals surface area (Å²) >= 11 is 0. The number of para-hydroxylation sites is 1. The molecule has 0 radical (unpaired) electrons. The standard InChI is InChI=1S/C14H21N3O2S/c15-20(18,19)14-4-2-1-3-13(14)16-9-11-7-8-17(10-11)12-5-6-12/h1-4,11-12,16H,5-10H2,(H2,15,18,19). The summed E-state index contributed by atoms with van der Waals surface area (Å²) in [5.74, 6) is 0.587. The van der Waals surface area contributed by atoms with Gasteiger partial charge in [-0.25, -0.2) is 13.6 Å². The van der Waals surface area contributed by atoms with E-state index in [1.807, 2.05) is 6.07 Å². The highest BCUT2D eigenvalue weighted by Gasteiger charge is 2.34. The Hall–Kier alpha value is -1.11. The van der Waals surface area contributed by atoms with Gasteiger partial charge >= 0.3 is 0 Å². The number of nitrogens with two attached hydrogens (primary N) is 1. The fourth-order valence-corrected chi connectivity index (χ4v) is 3.63. The molecule has 3 N–H and O–H groups in total. The van der Waals surface area contributed by atoms with Gasteiger partial charge in [0, 0.05) is 19.1 Å². The van der Waals surface area contributed by atoms with Gasteiger partial charge in [0.05, 0.1) is 5.69 Å². The zero-order valence-electron chi connectivity index (χ0n) is 11.5. The minimum atomic E-state index is -3.67. The number of nitrogens with one attached hydrogen (secondary N) is 1. The van der Waals surface area contributed by atoms with Crippen LogP contribution in [0.25, 0.3) is 0 Å². The van der Waals surface area contributed by atoms with Gasteiger partial charge < -0.3 is 10.2 Å². The highest BCUT2D eigenvalue weighted by molar-refractivity contribution is 7.89. The van der Waals surface area contributed by atoms with E-state index in [0.717, 1.165) is 19.1 Å². The number of sulfonamides is 1. The minimum absolute atomic E-state index is 0.178. The zero-order valence-corrected chi connectivity index (χ0v) is 12.3. The molecule has 5 nitrogen and oxygen atoms in total. The van der Waals surface area contributed by atoms with Crippen molar-refractivity contribution in [1.29, 1.82) is 0 Å². The average molecular weight is 295 g/mol. The number of hydrogen-bond donors (Lipinski definition) is 2. The lowest BCUT2D eigenvalue weighted by atomic mass is 10.1. The van der Waals surface area contributed by atoms with Gasteiger partial charge in [-0.05, 0) is 43.9 Å². The molecule has 1 aliphatic carbocycles.